The second kappa shape index (κ2) is 12.6. The maximum absolute atomic E-state index is 13.9. The number of fused-ring (bicyclic) bond motifs is 3. The number of benzene rings is 3. The number of H-pyrrole nitrogens is 2. The Kier molecular flexibility index (Phi) is 8.09. The van der Waals surface area contributed by atoms with Crippen molar-refractivity contribution < 1.29 is 23.8 Å². The van der Waals surface area contributed by atoms with Gasteiger partial charge in [0.1, 0.15) is 17.7 Å². The third-order valence-electron chi connectivity index (χ3n) is 10.1. The summed E-state index contributed by atoms with van der Waals surface area (Å²) in [6, 6.07) is 18.3. The van der Waals surface area contributed by atoms with Crippen molar-refractivity contribution in [3.8, 4) is 22.4 Å². The lowest BCUT2D eigenvalue weighted by molar-refractivity contribution is -0.153. The molecule has 0 saturated carbocycles. The van der Waals surface area contributed by atoms with Crippen LogP contribution in [0.25, 0.3) is 44.2 Å². The molecule has 4 N–H and O–H groups in total. The molecule has 3 aliphatic heterocycles. The number of aromatic amines is 2. The minimum absolute atomic E-state index is 0.166. The van der Waals surface area contributed by atoms with Crippen LogP contribution in [-0.4, -0.2) is 82.1 Å². The lowest BCUT2D eigenvalue weighted by Crippen LogP contribution is -2.52. The van der Waals surface area contributed by atoms with Gasteiger partial charge in [0.15, 0.2) is 5.79 Å². The number of alkyl carbamates (subject to hydrolysis) is 1. The topological polar surface area (TPSA) is 146 Å². The molecule has 49 heavy (non-hydrogen) atoms. The predicted octanol–water partition coefficient (Wildman–Crippen LogP) is 5.59. The molecule has 0 bridgehead atoms. The zero-order valence-electron chi connectivity index (χ0n) is 27.9. The lowest BCUT2D eigenvalue weighted by atomic mass is 9.99. The van der Waals surface area contributed by atoms with Gasteiger partial charge in [-0.15, -0.1) is 0 Å². The number of hydrogen-bond donors (Lipinski definition) is 4. The van der Waals surface area contributed by atoms with E-state index in [0.29, 0.717) is 31.5 Å². The van der Waals surface area contributed by atoms with Gasteiger partial charge < -0.3 is 39.7 Å². The maximum Gasteiger partial charge on any atom is 0.407 e. The third kappa shape index (κ3) is 5.83. The van der Waals surface area contributed by atoms with Crippen molar-refractivity contribution in [1.82, 2.24) is 35.5 Å². The third-order valence-corrected chi connectivity index (χ3v) is 10.1. The van der Waals surface area contributed by atoms with Gasteiger partial charge in [0.25, 0.3) is 0 Å². The van der Waals surface area contributed by atoms with E-state index in [2.05, 4.69) is 75.2 Å². The fourth-order valence-electron chi connectivity index (χ4n) is 7.48. The molecular formula is C37H41N7O5. The van der Waals surface area contributed by atoms with Crippen LogP contribution in [0.4, 0.5) is 4.79 Å². The number of nitrogens with zero attached hydrogens (tertiary/aromatic N) is 3. The molecule has 2 aromatic heterocycles. The molecule has 1 unspecified atom stereocenters. The lowest BCUT2D eigenvalue weighted by Gasteiger charge is -2.30. The molecular weight excluding hydrogens is 622 g/mol. The first-order valence-electron chi connectivity index (χ1n) is 17.1. The van der Waals surface area contributed by atoms with Gasteiger partial charge in [-0.2, -0.15) is 0 Å². The largest absolute Gasteiger partial charge is 0.453 e. The Labute approximate surface area is 283 Å². The van der Waals surface area contributed by atoms with Gasteiger partial charge in [-0.05, 0) is 59.5 Å². The Morgan fingerprint density at radius 3 is 2.51 bits per heavy atom. The molecule has 254 valence electrons. The zero-order chi connectivity index (χ0) is 33.7. The molecule has 3 aromatic carbocycles. The molecule has 2 amide bonds. The minimum Gasteiger partial charge on any atom is -0.453 e. The SMILES string of the molecule is COC(=O)N[C@H](C(=O)N1CC2(C[C@H]1c1ncc(-c3ccc(-c4ccc5c(ccc6[nH]c(C7CCCN7)nc65)c4)cc3)[nH]1)OCCO2)C(C)C. The van der Waals surface area contributed by atoms with E-state index < -0.39 is 24.0 Å². The number of ether oxygens (including phenoxy) is 3. The van der Waals surface area contributed by atoms with Crippen LogP contribution in [0.2, 0.25) is 0 Å². The predicted molar refractivity (Wildman–Crippen MR) is 184 cm³/mol. The highest BCUT2D eigenvalue weighted by Gasteiger charge is 2.52. The number of methoxy groups -OCH3 is 1. The van der Waals surface area contributed by atoms with Crippen molar-refractivity contribution in [3.05, 3.63) is 72.4 Å². The van der Waals surface area contributed by atoms with E-state index in [1.807, 2.05) is 13.8 Å². The quantitative estimate of drug-likeness (QED) is 0.176. The van der Waals surface area contributed by atoms with Crippen LogP contribution in [0.1, 0.15) is 56.8 Å². The van der Waals surface area contributed by atoms with Crippen molar-refractivity contribution in [3.63, 3.8) is 0 Å². The molecule has 1 spiro atoms. The first-order valence-corrected chi connectivity index (χ1v) is 17.1. The molecule has 3 atom stereocenters. The van der Waals surface area contributed by atoms with Crippen LogP contribution in [0.3, 0.4) is 0 Å². The number of aromatic nitrogens is 4. The summed E-state index contributed by atoms with van der Waals surface area (Å²) in [6.07, 6.45) is 3.85. The van der Waals surface area contributed by atoms with Crippen LogP contribution < -0.4 is 10.6 Å². The Bertz CT molecular complexity index is 2010. The van der Waals surface area contributed by atoms with Crippen molar-refractivity contribution in [2.75, 3.05) is 33.4 Å². The minimum atomic E-state index is -0.903. The van der Waals surface area contributed by atoms with Gasteiger partial charge in [0.05, 0.1) is 61.9 Å². The highest BCUT2D eigenvalue weighted by Crippen LogP contribution is 2.43. The average molecular weight is 664 g/mol. The first-order chi connectivity index (χ1) is 23.8. The second-order valence-corrected chi connectivity index (χ2v) is 13.6. The van der Waals surface area contributed by atoms with E-state index in [0.717, 1.165) is 63.0 Å². The summed E-state index contributed by atoms with van der Waals surface area (Å²) in [5, 5.41) is 8.52. The summed E-state index contributed by atoms with van der Waals surface area (Å²) in [5.41, 5.74) is 6.11. The van der Waals surface area contributed by atoms with Gasteiger partial charge in [-0.1, -0.05) is 56.3 Å². The normalized spacial score (nSPS) is 20.9. The van der Waals surface area contributed by atoms with Gasteiger partial charge in [-0.3, -0.25) is 4.79 Å². The molecule has 8 rings (SSSR count). The molecule has 3 fully saturated rings. The summed E-state index contributed by atoms with van der Waals surface area (Å²) in [4.78, 5) is 44.4. The summed E-state index contributed by atoms with van der Waals surface area (Å²) in [6.45, 7) is 5.97. The number of carbonyl (C=O) groups is 2. The fourth-order valence-corrected chi connectivity index (χ4v) is 7.48. The van der Waals surface area contributed by atoms with Gasteiger partial charge in [0.2, 0.25) is 5.91 Å². The van der Waals surface area contributed by atoms with Gasteiger partial charge in [0, 0.05) is 11.8 Å². The molecule has 0 radical (unpaired) electrons. The van der Waals surface area contributed by atoms with E-state index in [-0.39, 0.29) is 18.4 Å². The summed E-state index contributed by atoms with van der Waals surface area (Å²) in [5.74, 6) is 0.345. The van der Waals surface area contributed by atoms with E-state index in [1.165, 1.54) is 13.5 Å². The van der Waals surface area contributed by atoms with Crippen molar-refractivity contribution in [2.45, 2.75) is 57.0 Å². The number of imidazole rings is 2. The monoisotopic (exact) mass is 663 g/mol. The van der Waals surface area contributed by atoms with Crippen molar-refractivity contribution >= 4 is 33.8 Å². The summed E-state index contributed by atoms with van der Waals surface area (Å²) >= 11 is 0. The number of rotatable bonds is 7. The average Bonchev–Trinajstić information content (AvgIpc) is 3.97. The van der Waals surface area contributed by atoms with Crippen molar-refractivity contribution in [1.29, 1.82) is 0 Å². The highest BCUT2D eigenvalue weighted by atomic mass is 16.7. The molecule has 12 nitrogen and oxygen atoms in total. The molecule has 12 heteroatoms. The van der Waals surface area contributed by atoms with Crippen LogP contribution in [0, 0.1) is 5.92 Å². The van der Waals surface area contributed by atoms with Gasteiger partial charge >= 0.3 is 6.09 Å². The molecule has 3 aliphatic rings. The van der Waals surface area contributed by atoms with Crippen LogP contribution in [-0.2, 0) is 19.0 Å². The molecule has 5 aromatic rings. The van der Waals surface area contributed by atoms with E-state index >= 15 is 0 Å². The van der Waals surface area contributed by atoms with Crippen LogP contribution >= 0.6 is 0 Å². The Morgan fingerprint density at radius 1 is 1.00 bits per heavy atom. The standard InChI is InChI=1S/C37H41N7O5/c1-21(2)31(43-36(46)47-3)35(45)44-20-37(48-15-16-49-37)18-30(44)34-39-19-29(41-34)23-8-6-22(7-9-23)24-10-12-26-25(17-24)11-13-27-32(26)42-33(40-27)28-5-4-14-38-28/h6-13,17,19,21,28,30-31,38H,4-5,14-16,18,20H2,1-3H3,(H,39,41)(H,40,42)(H,43,46)/t28?,30-,31-/m0/s1. The van der Waals surface area contributed by atoms with Gasteiger partial charge in [-0.25, -0.2) is 14.8 Å². The highest BCUT2D eigenvalue weighted by molar-refractivity contribution is 6.05. The van der Waals surface area contributed by atoms with E-state index in [9.17, 15) is 9.59 Å². The number of amides is 2. The van der Waals surface area contributed by atoms with Crippen molar-refractivity contribution in [2.24, 2.45) is 5.92 Å². The smallest absolute Gasteiger partial charge is 0.407 e. The van der Waals surface area contributed by atoms with Crippen LogP contribution in [0.5, 0.6) is 0 Å². The number of likely N-dealkylation sites (tertiary alicyclic amines) is 1. The van der Waals surface area contributed by atoms with Crippen LogP contribution in [0.15, 0.2) is 60.8 Å². The first kappa shape index (κ1) is 31.5. The molecule has 3 saturated heterocycles. The number of nitrogens with one attached hydrogen (secondary N) is 4. The summed E-state index contributed by atoms with van der Waals surface area (Å²) in [7, 11) is 1.28. The second-order valence-electron chi connectivity index (χ2n) is 13.6. The molecule has 5 heterocycles. The Balaban J connectivity index is 1.03. The van der Waals surface area contributed by atoms with E-state index in [1.54, 1.807) is 11.1 Å². The summed E-state index contributed by atoms with van der Waals surface area (Å²) < 4.78 is 16.8. The molecule has 0 aliphatic carbocycles. The fraction of sp³-hybridized carbons (Fsp3) is 0.405. The number of hydrogen-bond acceptors (Lipinski definition) is 8. The number of carbonyl (C=O) groups excluding carboxylic acids is 2. The Hall–Kier alpha value is -4.78. The zero-order valence-corrected chi connectivity index (χ0v) is 27.9. The maximum atomic E-state index is 13.9. The Morgan fingerprint density at radius 2 is 1.78 bits per heavy atom. The van der Waals surface area contributed by atoms with E-state index in [4.69, 9.17) is 24.2 Å².